The van der Waals surface area contributed by atoms with Gasteiger partial charge < -0.3 is 22.9 Å². The number of halogens is 2. The molecule has 0 amide bonds. The summed E-state index contributed by atoms with van der Waals surface area (Å²) in [6.45, 7) is 0. The summed E-state index contributed by atoms with van der Waals surface area (Å²) in [5.74, 6) is 1.48. The molecule has 4 nitrogen and oxygen atoms in total. The molecule has 1 heterocycles. The van der Waals surface area contributed by atoms with Crippen LogP contribution >= 0.6 is 23.4 Å². The Morgan fingerprint density at radius 3 is 2.85 bits per heavy atom. The number of hydrogen-bond acceptors (Lipinski definition) is 4. The van der Waals surface area contributed by atoms with Crippen LogP contribution in [0, 0.1) is 5.41 Å². The van der Waals surface area contributed by atoms with Crippen molar-refractivity contribution in [2.75, 3.05) is 12.9 Å². The standard InChI is InChI=1S/C13H14ClN3OS.ClH/c1-18-10-3-2-8-6-9(4-5-19-13(15)16)12(14)17-11(8)7-10;/h2-3,6-7H,4-5H2,1H3,(H3,15,16);1H/p-1. The molecule has 0 saturated carbocycles. The fourth-order valence-electron chi connectivity index (χ4n) is 1.74. The third-order valence-electron chi connectivity index (χ3n) is 2.68. The first kappa shape index (κ1) is 16.9. The smallest absolute Gasteiger partial charge is 0.151 e. The van der Waals surface area contributed by atoms with Crippen molar-refractivity contribution < 1.29 is 17.1 Å². The van der Waals surface area contributed by atoms with Crippen LogP contribution in [0.15, 0.2) is 24.3 Å². The van der Waals surface area contributed by atoms with E-state index in [1.54, 1.807) is 7.11 Å². The third-order valence-corrected chi connectivity index (χ3v) is 3.73. The number of aromatic nitrogens is 1. The molecule has 0 aliphatic rings. The van der Waals surface area contributed by atoms with Crippen LogP contribution in [0.1, 0.15) is 5.56 Å². The second kappa shape index (κ2) is 7.57. The van der Waals surface area contributed by atoms with E-state index in [0.29, 0.717) is 5.15 Å². The lowest BCUT2D eigenvalue weighted by atomic mass is 10.1. The molecular weight excluding hydrogens is 317 g/mol. The number of pyridine rings is 1. The molecule has 0 spiro atoms. The molecular formula is C13H14Cl2N3OS-. The molecule has 20 heavy (non-hydrogen) atoms. The second-order valence-corrected chi connectivity index (χ2v) is 5.45. The summed E-state index contributed by atoms with van der Waals surface area (Å²) >= 11 is 7.47. The van der Waals surface area contributed by atoms with Crippen molar-refractivity contribution >= 4 is 39.4 Å². The van der Waals surface area contributed by atoms with E-state index in [-0.39, 0.29) is 17.6 Å². The van der Waals surface area contributed by atoms with Crippen LogP contribution in [-0.2, 0) is 6.42 Å². The van der Waals surface area contributed by atoms with Crippen molar-refractivity contribution in [3.05, 3.63) is 35.0 Å². The lowest BCUT2D eigenvalue weighted by Crippen LogP contribution is -3.00. The predicted molar refractivity (Wildman–Crippen MR) is 81.4 cm³/mol. The quantitative estimate of drug-likeness (QED) is 0.473. The van der Waals surface area contributed by atoms with Gasteiger partial charge in [-0.15, -0.1) is 0 Å². The summed E-state index contributed by atoms with van der Waals surface area (Å²) in [6, 6.07) is 7.73. The van der Waals surface area contributed by atoms with Crippen LogP contribution in [0.25, 0.3) is 10.9 Å². The molecule has 0 saturated heterocycles. The summed E-state index contributed by atoms with van der Waals surface area (Å²) in [5, 5.41) is 8.80. The van der Waals surface area contributed by atoms with Crippen LogP contribution < -0.4 is 22.9 Å². The van der Waals surface area contributed by atoms with Crippen LogP contribution in [0.3, 0.4) is 0 Å². The molecule has 0 atom stereocenters. The minimum Gasteiger partial charge on any atom is -1.00 e. The van der Waals surface area contributed by atoms with Gasteiger partial charge in [0.2, 0.25) is 0 Å². The number of amidine groups is 1. The van der Waals surface area contributed by atoms with Crippen molar-refractivity contribution in [1.82, 2.24) is 4.98 Å². The van der Waals surface area contributed by atoms with Gasteiger partial charge in [-0.1, -0.05) is 23.4 Å². The van der Waals surface area contributed by atoms with Gasteiger partial charge >= 0.3 is 0 Å². The number of nitrogens with two attached hydrogens (primary N) is 1. The van der Waals surface area contributed by atoms with E-state index in [9.17, 15) is 0 Å². The SMILES string of the molecule is COc1ccc2cc(CCSC(=N)N)c(Cl)nc2c1.[Cl-]. The fourth-order valence-corrected chi connectivity index (χ4v) is 2.52. The summed E-state index contributed by atoms with van der Waals surface area (Å²) < 4.78 is 5.16. The number of fused-ring (bicyclic) bond motifs is 1. The average molecular weight is 331 g/mol. The highest BCUT2D eigenvalue weighted by atomic mass is 35.5. The maximum atomic E-state index is 7.17. The fraction of sp³-hybridized carbons (Fsp3) is 0.231. The minimum atomic E-state index is 0. The first-order valence-corrected chi connectivity index (χ1v) is 7.06. The van der Waals surface area contributed by atoms with E-state index in [0.717, 1.165) is 34.4 Å². The van der Waals surface area contributed by atoms with E-state index in [2.05, 4.69) is 4.98 Å². The van der Waals surface area contributed by atoms with Crippen LogP contribution in [-0.4, -0.2) is 23.0 Å². The molecule has 0 bridgehead atoms. The van der Waals surface area contributed by atoms with E-state index in [1.807, 2.05) is 24.3 Å². The molecule has 1 aromatic carbocycles. The number of nitrogens with one attached hydrogen (secondary N) is 1. The average Bonchev–Trinajstić information content (AvgIpc) is 2.38. The number of methoxy groups -OCH3 is 1. The Bertz CT molecular complexity index is 622. The first-order valence-electron chi connectivity index (χ1n) is 5.70. The largest absolute Gasteiger partial charge is 1.00 e. The topological polar surface area (TPSA) is 72.0 Å². The van der Waals surface area contributed by atoms with Crippen molar-refractivity contribution in [2.45, 2.75) is 6.42 Å². The molecule has 0 unspecified atom stereocenters. The van der Waals surface area contributed by atoms with Gasteiger partial charge in [0.25, 0.3) is 0 Å². The molecule has 0 aliphatic heterocycles. The lowest BCUT2D eigenvalue weighted by molar-refractivity contribution is -0.00000442. The zero-order valence-electron chi connectivity index (χ0n) is 10.8. The summed E-state index contributed by atoms with van der Waals surface area (Å²) in [6.07, 6.45) is 0.734. The van der Waals surface area contributed by atoms with Gasteiger partial charge in [0.05, 0.1) is 12.6 Å². The summed E-state index contributed by atoms with van der Waals surface area (Å²) in [4.78, 5) is 4.37. The van der Waals surface area contributed by atoms with Gasteiger partial charge in [0.1, 0.15) is 10.9 Å². The molecule has 0 radical (unpaired) electrons. The van der Waals surface area contributed by atoms with Crippen molar-refractivity contribution in [3.63, 3.8) is 0 Å². The van der Waals surface area contributed by atoms with Crippen molar-refractivity contribution in [2.24, 2.45) is 5.73 Å². The Morgan fingerprint density at radius 1 is 1.45 bits per heavy atom. The number of rotatable bonds is 4. The zero-order chi connectivity index (χ0) is 13.8. The number of thioether (sulfide) groups is 1. The van der Waals surface area contributed by atoms with Crippen LogP contribution in [0.5, 0.6) is 5.75 Å². The van der Waals surface area contributed by atoms with Crippen molar-refractivity contribution in [1.29, 1.82) is 5.41 Å². The molecule has 0 aliphatic carbocycles. The first-order chi connectivity index (χ1) is 9.10. The van der Waals surface area contributed by atoms with E-state index in [4.69, 9.17) is 27.5 Å². The Labute approximate surface area is 133 Å². The Hall–Kier alpha value is -1.17. The Morgan fingerprint density at radius 2 is 2.20 bits per heavy atom. The third kappa shape index (κ3) is 4.16. The highest BCUT2D eigenvalue weighted by Crippen LogP contribution is 2.25. The highest BCUT2D eigenvalue weighted by Gasteiger charge is 2.06. The Kier molecular flexibility index (Phi) is 6.39. The van der Waals surface area contributed by atoms with E-state index >= 15 is 0 Å². The molecule has 108 valence electrons. The van der Waals surface area contributed by atoms with Gasteiger partial charge in [-0.05, 0) is 30.2 Å². The van der Waals surface area contributed by atoms with Crippen molar-refractivity contribution in [3.8, 4) is 5.75 Å². The van der Waals surface area contributed by atoms with Gasteiger partial charge in [0, 0.05) is 17.2 Å². The molecule has 0 fully saturated rings. The lowest BCUT2D eigenvalue weighted by Gasteiger charge is -2.07. The van der Waals surface area contributed by atoms with Crippen LogP contribution in [0.4, 0.5) is 0 Å². The Balaban J connectivity index is 0.00000200. The van der Waals surface area contributed by atoms with Gasteiger partial charge in [0.15, 0.2) is 5.17 Å². The van der Waals surface area contributed by atoms with Gasteiger partial charge in [-0.25, -0.2) is 4.98 Å². The number of ether oxygens (including phenoxy) is 1. The zero-order valence-corrected chi connectivity index (χ0v) is 13.1. The van der Waals surface area contributed by atoms with E-state index < -0.39 is 0 Å². The second-order valence-electron chi connectivity index (χ2n) is 3.96. The van der Waals surface area contributed by atoms with E-state index in [1.165, 1.54) is 11.8 Å². The molecule has 7 heteroatoms. The maximum absolute atomic E-state index is 7.17. The van der Waals surface area contributed by atoms with Crippen LogP contribution in [0.2, 0.25) is 5.15 Å². The van der Waals surface area contributed by atoms with Gasteiger partial charge in [-0.3, -0.25) is 5.41 Å². The number of aryl methyl sites for hydroxylation is 1. The summed E-state index contributed by atoms with van der Waals surface area (Å²) in [7, 11) is 1.62. The monoisotopic (exact) mass is 330 g/mol. The minimum absolute atomic E-state index is 0. The highest BCUT2D eigenvalue weighted by molar-refractivity contribution is 8.13. The molecule has 2 rings (SSSR count). The maximum Gasteiger partial charge on any atom is 0.151 e. The molecule has 3 N–H and O–H groups in total. The summed E-state index contributed by atoms with van der Waals surface area (Å²) in [5.41, 5.74) is 7.08. The molecule has 2 aromatic rings. The normalized spacial score (nSPS) is 10.1. The number of benzene rings is 1. The van der Waals surface area contributed by atoms with Gasteiger partial charge in [-0.2, -0.15) is 0 Å². The number of nitrogens with zero attached hydrogens (tertiary/aromatic N) is 1. The predicted octanol–water partition coefficient (Wildman–Crippen LogP) is 0.0700. The number of hydrogen-bond donors (Lipinski definition) is 2. The molecule has 1 aromatic heterocycles.